The van der Waals surface area contributed by atoms with Gasteiger partial charge in [-0.25, -0.2) is 9.97 Å². The fourth-order valence-electron chi connectivity index (χ4n) is 5.48. The smallest absolute Gasteiger partial charge is 0.135 e. The number of aromatic nitrogens is 2. The molecule has 6 heteroatoms. The summed E-state index contributed by atoms with van der Waals surface area (Å²) in [6.07, 6.45) is 9.41. The van der Waals surface area contributed by atoms with E-state index in [4.69, 9.17) is 9.72 Å². The van der Waals surface area contributed by atoms with Gasteiger partial charge in [0.1, 0.15) is 11.6 Å². The first-order chi connectivity index (χ1) is 13.6. The molecule has 1 spiro atoms. The Morgan fingerprint density at radius 3 is 2.71 bits per heavy atom. The highest BCUT2D eigenvalue weighted by molar-refractivity contribution is 5.46. The van der Waals surface area contributed by atoms with E-state index in [-0.39, 0.29) is 11.5 Å². The van der Waals surface area contributed by atoms with Crippen molar-refractivity contribution in [3.05, 3.63) is 17.6 Å². The van der Waals surface area contributed by atoms with Gasteiger partial charge in [-0.2, -0.15) is 0 Å². The van der Waals surface area contributed by atoms with E-state index in [0.717, 1.165) is 96.0 Å². The minimum atomic E-state index is -0.194. The third-order valence-corrected chi connectivity index (χ3v) is 6.96. The maximum absolute atomic E-state index is 10.7. The molecule has 3 aliphatic heterocycles. The van der Waals surface area contributed by atoms with Crippen LogP contribution in [-0.2, 0) is 11.2 Å². The highest BCUT2D eigenvalue weighted by atomic mass is 16.5. The van der Waals surface area contributed by atoms with Crippen LogP contribution >= 0.6 is 0 Å². The van der Waals surface area contributed by atoms with Gasteiger partial charge in [-0.15, -0.1) is 0 Å². The molecule has 0 radical (unpaired) electrons. The van der Waals surface area contributed by atoms with Gasteiger partial charge in [-0.3, -0.25) is 4.90 Å². The van der Waals surface area contributed by atoms with Crippen molar-refractivity contribution < 1.29 is 9.84 Å². The summed E-state index contributed by atoms with van der Waals surface area (Å²) in [5, 5.41) is 10.7. The van der Waals surface area contributed by atoms with Gasteiger partial charge in [0.25, 0.3) is 0 Å². The molecule has 4 heterocycles. The number of ether oxygens (including phenoxy) is 1. The molecule has 1 N–H and O–H groups in total. The molecular weight excluding hydrogens is 352 g/mol. The Balaban J connectivity index is 1.44. The Morgan fingerprint density at radius 2 is 2.00 bits per heavy atom. The topological polar surface area (TPSA) is 61.7 Å². The van der Waals surface area contributed by atoms with Crippen LogP contribution in [0.15, 0.2) is 6.20 Å². The molecule has 28 heavy (non-hydrogen) atoms. The summed E-state index contributed by atoms with van der Waals surface area (Å²) in [5.41, 5.74) is 1.52. The summed E-state index contributed by atoms with van der Waals surface area (Å²) in [7, 11) is 0. The van der Waals surface area contributed by atoms with Crippen LogP contribution in [-0.4, -0.2) is 71.5 Å². The third-order valence-electron chi connectivity index (χ3n) is 6.96. The average Bonchev–Trinajstić information content (AvgIpc) is 2.70. The fraction of sp³-hybridized carbons (Fsp3) is 0.818. The third kappa shape index (κ3) is 4.34. The lowest BCUT2D eigenvalue weighted by Gasteiger charge is -2.51. The van der Waals surface area contributed by atoms with Gasteiger partial charge in [0.15, 0.2) is 0 Å². The van der Waals surface area contributed by atoms with E-state index in [1.54, 1.807) is 0 Å². The SMILES string of the molecule is CCCc1cnc(C)nc1N1CCC2(CC1)CC(O)CN(C1CCOCC1)C2. The Labute approximate surface area is 169 Å². The molecule has 4 rings (SSSR count). The molecule has 3 fully saturated rings. The van der Waals surface area contributed by atoms with Gasteiger partial charge in [-0.1, -0.05) is 13.3 Å². The predicted octanol–water partition coefficient (Wildman–Crippen LogP) is 2.57. The number of hydrogen-bond acceptors (Lipinski definition) is 6. The molecule has 1 atom stereocenters. The van der Waals surface area contributed by atoms with Crippen LogP contribution in [0.25, 0.3) is 0 Å². The Kier molecular flexibility index (Phi) is 6.18. The minimum Gasteiger partial charge on any atom is -0.392 e. The second-order valence-corrected chi connectivity index (χ2v) is 9.13. The number of aryl methyl sites for hydroxylation is 2. The molecule has 0 aromatic carbocycles. The largest absolute Gasteiger partial charge is 0.392 e. The molecule has 6 nitrogen and oxygen atoms in total. The van der Waals surface area contributed by atoms with Gasteiger partial charge in [-0.05, 0) is 50.9 Å². The van der Waals surface area contributed by atoms with Crippen molar-refractivity contribution in [2.45, 2.75) is 70.9 Å². The van der Waals surface area contributed by atoms with E-state index in [0.29, 0.717) is 6.04 Å². The van der Waals surface area contributed by atoms with E-state index >= 15 is 0 Å². The van der Waals surface area contributed by atoms with Crippen molar-refractivity contribution in [3.8, 4) is 0 Å². The summed E-state index contributed by atoms with van der Waals surface area (Å²) in [4.78, 5) is 14.3. The number of likely N-dealkylation sites (tertiary alicyclic amines) is 1. The van der Waals surface area contributed by atoms with Crippen LogP contribution in [0, 0.1) is 12.3 Å². The maximum atomic E-state index is 10.7. The summed E-state index contributed by atoms with van der Waals surface area (Å²) >= 11 is 0. The molecule has 0 bridgehead atoms. The molecular formula is C22H36N4O2. The number of rotatable bonds is 4. The lowest BCUT2D eigenvalue weighted by atomic mass is 9.71. The van der Waals surface area contributed by atoms with Crippen molar-refractivity contribution in [3.63, 3.8) is 0 Å². The van der Waals surface area contributed by atoms with Crippen molar-refractivity contribution in [2.24, 2.45) is 5.41 Å². The first-order valence-corrected chi connectivity index (χ1v) is 11.2. The number of piperidine rings is 2. The number of β-amino-alcohol motifs (C(OH)–C–C–N with tert-alkyl or cyclic N) is 1. The summed E-state index contributed by atoms with van der Waals surface area (Å²) < 4.78 is 5.55. The van der Waals surface area contributed by atoms with Crippen LogP contribution in [0.2, 0.25) is 0 Å². The summed E-state index contributed by atoms with van der Waals surface area (Å²) in [5.74, 6) is 2.00. The first kappa shape index (κ1) is 20.0. The monoisotopic (exact) mass is 388 g/mol. The van der Waals surface area contributed by atoms with Crippen LogP contribution in [0.1, 0.15) is 56.8 Å². The van der Waals surface area contributed by atoms with Gasteiger partial charge in [0.05, 0.1) is 6.10 Å². The highest BCUT2D eigenvalue weighted by Crippen LogP contribution is 2.42. The Bertz CT molecular complexity index is 654. The van der Waals surface area contributed by atoms with E-state index in [2.05, 4.69) is 21.7 Å². The number of nitrogens with zero attached hydrogens (tertiary/aromatic N) is 4. The van der Waals surface area contributed by atoms with Crippen LogP contribution in [0.4, 0.5) is 5.82 Å². The van der Waals surface area contributed by atoms with Crippen molar-refractivity contribution >= 4 is 5.82 Å². The normalized spacial score (nSPS) is 26.7. The molecule has 0 saturated carbocycles. The van der Waals surface area contributed by atoms with E-state index in [1.807, 2.05) is 13.1 Å². The molecule has 1 aromatic rings. The van der Waals surface area contributed by atoms with Crippen molar-refractivity contribution in [1.29, 1.82) is 0 Å². The van der Waals surface area contributed by atoms with E-state index in [9.17, 15) is 5.11 Å². The van der Waals surface area contributed by atoms with Gasteiger partial charge in [0.2, 0.25) is 0 Å². The summed E-state index contributed by atoms with van der Waals surface area (Å²) in [6, 6.07) is 0.583. The second-order valence-electron chi connectivity index (χ2n) is 9.13. The molecule has 3 aliphatic rings. The number of anilines is 1. The fourth-order valence-corrected chi connectivity index (χ4v) is 5.48. The van der Waals surface area contributed by atoms with Gasteiger partial charge >= 0.3 is 0 Å². The van der Waals surface area contributed by atoms with E-state index in [1.165, 1.54) is 5.56 Å². The number of aliphatic hydroxyl groups is 1. The minimum absolute atomic E-state index is 0.194. The van der Waals surface area contributed by atoms with Gasteiger partial charge in [0, 0.05) is 57.2 Å². The molecule has 1 aromatic heterocycles. The lowest BCUT2D eigenvalue weighted by molar-refractivity contribution is -0.0602. The van der Waals surface area contributed by atoms with E-state index < -0.39 is 0 Å². The quantitative estimate of drug-likeness (QED) is 0.855. The summed E-state index contributed by atoms with van der Waals surface area (Å²) in [6.45, 7) is 9.95. The van der Waals surface area contributed by atoms with Crippen molar-refractivity contribution in [1.82, 2.24) is 14.9 Å². The first-order valence-electron chi connectivity index (χ1n) is 11.2. The Hall–Kier alpha value is -1.24. The van der Waals surface area contributed by atoms with Crippen molar-refractivity contribution in [2.75, 3.05) is 44.3 Å². The standard InChI is InChI=1S/C22H36N4O2/c1-3-4-18-14-23-17(2)24-21(18)25-9-7-22(8-10-25)13-20(27)15-26(16-22)19-5-11-28-12-6-19/h14,19-20,27H,3-13,15-16H2,1-2H3. The average molecular weight is 389 g/mol. The molecule has 3 saturated heterocycles. The zero-order valence-electron chi connectivity index (χ0n) is 17.6. The van der Waals surface area contributed by atoms with Crippen LogP contribution in [0.3, 0.4) is 0 Å². The van der Waals surface area contributed by atoms with Gasteiger partial charge < -0.3 is 14.7 Å². The van der Waals surface area contributed by atoms with Crippen LogP contribution in [0.5, 0.6) is 0 Å². The second kappa shape index (κ2) is 8.64. The zero-order chi connectivity index (χ0) is 19.6. The Morgan fingerprint density at radius 1 is 1.25 bits per heavy atom. The van der Waals surface area contributed by atoms with Crippen LogP contribution < -0.4 is 4.90 Å². The molecule has 0 aliphatic carbocycles. The lowest BCUT2D eigenvalue weighted by Crippen LogP contribution is -2.57. The molecule has 0 amide bonds. The predicted molar refractivity (Wildman–Crippen MR) is 111 cm³/mol. The maximum Gasteiger partial charge on any atom is 0.135 e. The molecule has 1 unspecified atom stereocenters. The highest BCUT2D eigenvalue weighted by Gasteiger charge is 2.43. The zero-order valence-corrected chi connectivity index (χ0v) is 17.6. The number of aliphatic hydroxyl groups excluding tert-OH is 1. The molecule has 156 valence electrons. The number of hydrogen-bond donors (Lipinski definition) is 1.